The number of nitrogens with zero attached hydrogens (tertiary/aromatic N) is 12. The second kappa shape index (κ2) is 53.0. The van der Waals surface area contributed by atoms with Crippen LogP contribution in [0.3, 0.4) is 0 Å². The van der Waals surface area contributed by atoms with Gasteiger partial charge in [-0.1, -0.05) is 200 Å². The number of carbonyl (C=O) groups excluding carboxylic acids is 20. The van der Waals surface area contributed by atoms with Gasteiger partial charge < -0.3 is 81.7 Å². The third-order valence-electron chi connectivity index (χ3n) is 23.4. The molecule has 8 aromatic rings. The number of fused-ring (bicyclic) bond motifs is 14. The van der Waals surface area contributed by atoms with Crippen LogP contribution in [-0.2, 0) is 76.7 Å². The molecule has 4 aliphatic rings. The number of likely N-dealkylation sites (N-methyl/N-ethyl adjacent to an activating group) is 8. The zero-order valence-corrected chi connectivity index (χ0v) is 87.7. The molecule has 4 fully saturated rings. The fraction of sp³-hybridized carbons (Fsp3) is 0.362. The van der Waals surface area contributed by atoms with Crippen molar-refractivity contribution in [3.05, 3.63) is 193 Å². The van der Waals surface area contributed by atoms with Crippen molar-refractivity contribution in [1.82, 2.24) is 102 Å². The van der Waals surface area contributed by atoms with E-state index >= 15 is 0 Å². The molecule has 0 aliphatic carbocycles. The van der Waals surface area contributed by atoms with E-state index in [1.165, 1.54) is 114 Å². The van der Waals surface area contributed by atoms with Crippen LogP contribution >= 0.6 is 114 Å². The molecule has 768 valence electrons. The highest BCUT2D eigenvalue weighted by Gasteiger charge is 2.43. The van der Waals surface area contributed by atoms with Crippen molar-refractivity contribution in [3.8, 4) is 0 Å². The fourth-order valence-electron chi connectivity index (χ4n) is 14.4. The molecule has 8 N–H and O–H groups in total. The van der Waals surface area contributed by atoms with E-state index in [-0.39, 0.29) is 85.9 Å². The van der Waals surface area contributed by atoms with E-state index in [0.717, 1.165) is 94.1 Å². The Kier molecular flexibility index (Phi) is 41.2. The lowest BCUT2D eigenvalue weighted by molar-refractivity contribution is -0.144. The number of aromatic nitrogens is 4. The molecule has 4 aliphatic heterocycles. The first-order valence-corrected chi connectivity index (χ1v) is 55.9. The molecule has 10 atom stereocenters. The molecule has 0 saturated carbocycles. The van der Waals surface area contributed by atoms with Crippen LogP contribution in [0.15, 0.2) is 170 Å². The van der Waals surface area contributed by atoms with Crippen LogP contribution < -0.4 is 42.5 Å². The molecule has 0 unspecified atom stereocenters. The number of para-hydroxylation sites is 4. The summed E-state index contributed by atoms with van der Waals surface area (Å²) in [5.41, 5.74) is 1.30. The molecule has 4 aromatic carbocycles. The topological polar surface area (TPSA) is 515 Å². The van der Waals surface area contributed by atoms with E-state index in [2.05, 4.69) is 75.6 Å². The van der Waals surface area contributed by atoms with Crippen molar-refractivity contribution < 1.29 is 102 Å². The summed E-state index contributed by atoms with van der Waals surface area (Å²) in [6.07, 6.45) is 3.48. The molecule has 16 amide bonds. The molecule has 50 heteroatoms. The minimum atomic E-state index is -1.45. The first kappa shape index (κ1) is 112. The van der Waals surface area contributed by atoms with Crippen molar-refractivity contribution in [2.75, 3.05) is 153 Å². The number of thioether (sulfide) groups is 6. The van der Waals surface area contributed by atoms with E-state index in [0.29, 0.717) is 69.1 Å². The lowest BCUT2D eigenvalue weighted by Gasteiger charge is -2.35. The van der Waals surface area contributed by atoms with E-state index in [1.807, 2.05) is 24.3 Å². The van der Waals surface area contributed by atoms with Gasteiger partial charge in [0.1, 0.15) is 83.2 Å². The maximum Gasteiger partial charge on any atom is 0.270 e. The molecular formula is C94H112N20O20S10. The van der Waals surface area contributed by atoms with Gasteiger partial charge in [0.05, 0.1) is 59.6 Å². The number of hydrogen-bond donors (Lipinski definition) is 8. The van der Waals surface area contributed by atoms with Crippen molar-refractivity contribution in [3.63, 3.8) is 0 Å². The lowest BCUT2D eigenvalue weighted by Crippen LogP contribution is -2.57. The van der Waals surface area contributed by atoms with Crippen molar-refractivity contribution in [1.29, 1.82) is 0 Å². The third-order valence-corrected chi connectivity index (χ3v) is 33.6. The molecule has 12 rings (SSSR count). The highest BCUT2D eigenvalue weighted by atomic mass is 33.1. The Bertz CT molecular complexity index is 6010. The third kappa shape index (κ3) is 29.1. The van der Waals surface area contributed by atoms with Crippen LogP contribution in [0.5, 0.6) is 0 Å². The van der Waals surface area contributed by atoms with Crippen molar-refractivity contribution in [2.24, 2.45) is 0 Å². The van der Waals surface area contributed by atoms with Crippen molar-refractivity contribution >= 4 is 272 Å². The zero-order valence-electron chi connectivity index (χ0n) is 79.6. The number of amides is 16. The van der Waals surface area contributed by atoms with Crippen LogP contribution in [0.2, 0.25) is 0 Å². The monoisotopic (exact) mass is 2160 g/mol. The predicted octanol–water partition coefficient (Wildman–Crippen LogP) is 4.30. The molecule has 8 heterocycles. The standard InChI is InChI=1S/C48H56N10O10S6.C46H48N10O10S4.4H2/c1-55-35-25-73-74-26-36(46(66)58(4)38(24-70-6)48(68)72-21-33(41(61)49-19-39(55)59)53-43(63)31-17-15-27-11-7-9-13-29(27)51-31)56(2)40(60)20-50-42(62)34(22-71-47(67)37(23-69-5)57(3)45(35)65)54-44(64)32-18-16-28-12-8-10-14-30(28)52-32;1-25-45(65)67-21-33(51-41(61)31-17-15-27-11-7-9-13-29(27)49-31)39(59)47-20-38(58)56(6)36-24-70-69-23-35(43(63)53(25)3)55(5)37(57)19-48-40(60)34(22-68-46(66)26(2)54(4)44(36)64)52-42(62)32-18-16-28-12-8-10-14-30(28)50-32;;;;/h7-18,33-38H,19-26H2,1-6H3,(H,49,61)(H,50,62)(H,53,63)(H,54,64);7-18,33-36H,1-2,19-24H2,3-6H3,(H,47,59)(H,48,60)(H,51,61)(H,52,62);4*1H/t33-,34-,35+,36+,37+,38+;33-,34-,35+,36+;;;;/m11..../s1/i;;4*1+1. The predicted molar refractivity (Wildman–Crippen MR) is 572 cm³/mol. The summed E-state index contributed by atoms with van der Waals surface area (Å²) in [6, 6.07) is 28.0. The van der Waals surface area contributed by atoms with E-state index < -0.39 is 213 Å². The Morgan fingerprint density at radius 3 is 0.799 bits per heavy atom. The second-order valence-electron chi connectivity index (χ2n) is 32.7. The zero-order chi connectivity index (χ0) is 104. The highest BCUT2D eigenvalue weighted by Crippen LogP contribution is 2.33. The van der Waals surface area contributed by atoms with Gasteiger partial charge >= 0.3 is 0 Å². The Balaban J connectivity index is 0.000000391. The van der Waals surface area contributed by atoms with Gasteiger partial charge in [0.25, 0.3) is 35.4 Å². The smallest absolute Gasteiger partial charge is 0.270 e. The Morgan fingerprint density at radius 2 is 0.556 bits per heavy atom. The number of carbonyl (C=O) groups is 20. The van der Waals surface area contributed by atoms with E-state index in [9.17, 15) is 95.9 Å². The number of benzene rings is 4. The number of hydrogen-bond acceptors (Lipinski definition) is 34. The van der Waals surface area contributed by atoms with Crippen LogP contribution in [0.25, 0.3) is 43.6 Å². The van der Waals surface area contributed by atoms with Gasteiger partial charge in [-0.2, -0.15) is 23.5 Å². The second-order valence-corrected chi connectivity index (χ2v) is 43.7. The summed E-state index contributed by atoms with van der Waals surface area (Å²) in [6.45, 7) is 5.03. The minimum absolute atomic E-state index is 0. The largest absolute Gasteiger partial charge is 0.345 e. The first-order valence-electron chi connectivity index (χ1n) is 44.2. The average molecular weight is 2170 g/mol. The number of nitrogens with one attached hydrogen (secondary N) is 8. The normalized spacial score (nSPS) is 22.4. The van der Waals surface area contributed by atoms with Crippen LogP contribution in [0.4, 0.5) is 0 Å². The maximum absolute atomic E-state index is 14.7. The molecule has 4 bridgehead atoms. The quantitative estimate of drug-likeness (QED) is 0.0624. The first-order chi connectivity index (χ1) is 68.8. The lowest BCUT2D eigenvalue weighted by atomic mass is 10.2. The number of rotatable bonds is 12. The van der Waals surface area contributed by atoms with Gasteiger partial charge in [0.15, 0.2) is 0 Å². The van der Waals surface area contributed by atoms with Gasteiger partial charge in [-0.05, 0) is 61.0 Å². The van der Waals surface area contributed by atoms with E-state index in [4.69, 9.17) is 0 Å². The maximum atomic E-state index is 14.7. The molecule has 40 nitrogen and oxygen atoms in total. The highest BCUT2D eigenvalue weighted by molar-refractivity contribution is 8.77. The Labute approximate surface area is 875 Å². The molecule has 0 radical (unpaired) electrons. The Hall–Kier alpha value is -12.3. The summed E-state index contributed by atoms with van der Waals surface area (Å²) < 4.78 is 0. The van der Waals surface area contributed by atoms with Gasteiger partial charge in [0, 0.05) is 141 Å². The summed E-state index contributed by atoms with van der Waals surface area (Å²) in [5, 5.41) is 21.0. The SMILES string of the molecule is C=C1C(=O)SC[C@@H](NC(=O)c2ccc3ccccc3n2)C(=O)NCC(=O)N(C)[C@H]2CSSC[C@@H](C(=O)N1C)N(C)C(=O)CNC(=O)[C@H](NC(=O)c1ccc3ccccc3n1)CSC(=O)C(=C)N(C)C2=O.CSC[C@H]1C(=O)SC[C@@H](NC(=O)c2ccc3ccccc3n2)C(=O)NCC(=O)N(C)[C@H]2CSSC[C@@H](C(=O)N1C)N(C)C(=O)CNC(=O)[C@H](NC(=O)c1ccc3ccccc3n1)CSC(=O)[C@H](CSC)N(C)C2=O.[2HH].[2HH].[2HH].[2HH]. The van der Waals surface area contributed by atoms with Crippen LogP contribution in [0.1, 0.15) is 47.7 Å². The summed E-state index contributed by atoms with van der Waals surface area (Å²) in [4.78, 5) is 306. The fourth-order valence-corrected chi connectivity index (χ4v) is 24.7. The molecule has 144 heavy (non-hydrogen) atoms. The number of pyridine rings is 4. The molecule has 0 spiro atoms. The Morgan fingerprint density at radius 1 is 0.326 bits per heavy atom. The summed E-state index contributed by atoms with van der Waals surface area (Å²) in [7, 11) is 15.1. The minimum Gasteiger partial charge on any atom is -0.345 e. The van der Waals surface area contributed by atoms with Crippen LogP contribution in [0, 0.1) is 0 Å². The van der Waals surface area contributed by atoms with Gasteiger partial charge in [-0.3, -0.25) is 95.9 Å². The van der Waals surface area contributed by atoms with Crippen molar-refractivity contribution in [2.45, 2.75) is 60.4 Å². The summed E-state index contributed by atoms with van der Waals surface area (Å²) in [5.74, 6) is -13.8. The average Bonchev–Trinajstić information content (AvgIpc) is 0.831. The van der Waals surface area contributed by atoms with Gasteiger partial charge in [-0.25, -0.2) is 19.9 Å². The molecular weight excluding hydrogens is 2050 g/mol. The molecule has 4 aromatic heterocycles. The molecule has 4 saturated heterocycles. The van der Waals surface area contributed by atoms with E-state index in [1.54, 1.807) is 110 Å². The summed E-state index contributed by atoms with van der Waals surface area (Å²) >= 11 is 5.04. The van der Waals surface area contributed by atoms with Gasteiger partial charge in [0.2, 0.25) is 79.5 Å². The van der Waals surface area contributed by atoms with Gasteiger partial charge in [-0.15, -0.1) is 0 Å². The van der Waals surface area contributed by atoms with Crippen LogP contribution in [-0.4, -0.2) is 387 Å².